The van der Waals surface area contributed by atoms with Gasteiger partial charge in [-0.3, -0.25) is 0 Å². The van der Waals surface area contributed by atoms with Crippen LogP contribution in [0.4, 0.5) is 0 Å². The van der Waals surface area contributed by atoms with E-state index in [1.807, 2.05) is 0 Å². The van der Waals surface area contributed by atoms with Gasteiger partial charge in [-0.1, -0.05) is 0 Å². The van der Waals surface area contributed by atoms with Crippen LogP contribution in [0, 0.1) is 5.21 Å². The summed E-state index contributed by atoms with van der Waals surface area (Å²) in [6, 6.07) is 0. The van der Waals surface area contributed by atoms with Crippen LogP contribution in [0.25, 0.3) is 0 Å². The molecule has 0 rings (SSSR count). The fourth-order valence-corrected chi connectivity index (χ4v) is 0. The first-order valence-corrected chi connectivity index (χ1v) is 7.28. The van der Waals surface area contributed by atoms with Gasteiger partial charge in [0.05, 0.1) is 0 Å². The van der Waals surface area contributed by atoms with Gasteiger partial charge in [-0.15, -0.1) is 0 Å². The number of halogens is 1. The van der Waals surface area contributed by atoms with Gasteiger partial charge < -0.3 is 0 Å². The Morgan fingerprint density at radius 2 is 1.43 bits per heavy atom. The summed E-state index contributed by atoms with van der Waals surface area (Å²) in [5.41, 5.74) is 0. The van der Waals surface area contributed by atoms with E-state index >= 15 is 0 Å². The van der Waals surface area contributed by atoms with Crippen molar-refractivity contribution in [3.8, 4) is 0 Å². The molecule has 0 N–H and O–H groups in total. The van der Waals surface area contributed by atoms with E-state index in [1.54, 1.807) is 14.1 Å². The maximum absolute atomic E-state index is 10.8. The zero-order valence-corrected chi connectivity index (χ0v) is 7.39. The van der Waals surface area contributed by atoms with Gasteiger partial charge in [0.25, 0.3) is 0 Å². The van der Waals surface area contributed by atoms with Gasteiger partial charge in [0.1, 0.15) is 0 Å². The summed E-state index contributed by atoms with van der Waals surface area (Å²) in [5.74, 6) is 0. The van der Waals surface area contributed by atoms with Gasteiger partial charge in [0.2, 0.25) is 0 Å². The second kappa shape index (κ2) is 2.28. The topological polar surface area (TPSA) is 23.1 Å². The Morgan fingerprint density at radius 1 is 1.29 bits per heavy atom. The van der Waals surface area contributed by atoms with Gasteiger partial charge in [0.15, 0.2) is 0 Å². The Labute approximate surface area is 52.4 Å². The summed E-state index contributed by atoms with van der Waals surface area (Å²) in [7, 11) is 3.43. The number of hydrogen-bond donors (Lipinski definition) is 0. The third-order valence-electron chi connectivity index (χ3n) is 0.814. The van der Waals surface area contributed by atoms with E-state index in [2.05, 4.69) is 9.86 Å². The van der Waals surface area contributed by atoms with E-state index in [-0.39, 0.29) is 2.86 Å². The molecule has 0 aromatic carbocycles. The van der Waals surface area contributed by atoms with Crippen LogP contribution in [-0.2, 0) is 0 Å². The normalized spacial score (nSPS) is 14.1. The van der Waals surface area contributed by atoms with Gasteiger partial charge in [-0.05, 0) is 0 Å². The summed E-state index contributed by atoms with van der Waals surface area (Å²) >= 11 is -1.12. The van der Waals surface area contributed by atoms with Crippen molar-refractivity contribution < 1.29 is 2.86 Å². The number of nitrogens with zero attached hydrogens (tertiary/aromatic N) is 1. The molecule has 0 saturated carbocycles. The zero-order chi connectivity index (χ0) is 6.08. The molecule has 0 aromatic rings. The fourth-order valence-electron chi connectivity index (χ4n) is 0. The standard InChI is InChI=1S/C4H12INO/c1-5(2)6(3,4)7/h1-4H3. The quantitative estimate of drug-likeness (QED) is 0.280. The molecular formula is C4H12INO. The molecular weight excluding hydrogens is 205 g/mol. The molecule has 0 aliphatic rings. The molecule has 0 radical (unpaired) electrons. The van der Waals surface area contributed by atoms with Crippen molar-refractivity contribution in [3.63, 3.8) is 0 Å². The Kier molecular flexibility index (Phi) is 2.49. The molecule has 46 valence electrons. The Bertz CT molecular complexity index is 57.2. The fraction of sp³-hybridized carbons (Fsp3) is 1.00. The van der Waals surface area contributed by atoms with Crippen molar-refractivity contribution in [1.82, 2.24) is 0 Å². The number of quaternary nitrogens is 1. The van der Waals surface area contributed by atoms with Gasteiger partial charge in [0, 0.05) is 0 Å². The minimum atomic E-state index is -1.12. The molecule has 0 amide bonds. The first-order chi connectivity index (χ1) is 2.94. The molecule has 2 nitrogen and oxygen atoms in total. The van der Waals surface area contributed by atoms with Crippen molar-refractivity contribution in [2.75, 3.05) is 24.0 Å². The molecule has 0 aliphatic heterocycles. The molecule has 7 heavy (non-hydrogen) atoms. The van der Waals surface area contributed by atoms with Gasteiger partial charge in [-0.25, -0.2) is 0 Å². The van der Waals surface area contributed by atoms with E-state index in [1.165, 1.54) is 0 Å². The molecule has 0 bridgehead atoms. The van der Waals surface area contributed by atoms with E-state index in [0.29, 0.717) is 0 Å². The van der Waals surface area contributed by atoms with Crippen molar-refractivity contribution >= 4 is 20.1 Å². The second-order valence-corrected chi connectivity index (χ2v) is 8.35. The predicted molar refractivity (Wildman–Crippen MR) is 41.3 cm³/mol. The zero-order valence-electron chi connectivity index (χ0n) is 5.23. The minimum absolute atomic E-state index is 0.0378. The molecule has 0 aliphatic carbocycles. The SMILES string of the molecule is CI(C)[N+](C)(C)[O-]. The number of hydroxylamine groups is 2. The molecule has 0 heterocycles. The molecule has 0 saturated heterocycles. The third-order valence-corrected chi connectivity index (χ3v) is 5.46. The van der Waals surface area contributed by atoms with Crippen molar-refractivity contribution in [1.29, 1.82) is 0 Å². The van der Waals surface area contributed by atoms with E-state index in [0.717, 1.165) is 0 Å². The van der Waals surface area contributed by atoms with Crippen LogP contribution >= 0.6 is 20.1 Å². The number of rotatable bonds is 1. The van der Waals surface area contributed by atoms with Gasteiger partial charge >= 0.3 is 52.1 Å². The van der Waals surface area contributed by atoms with Gasteiger partial charge in [-0.2, -0.15) is 0 Å². The molecule has 3 heteroatoms. The third kappa shape index (κ3) is 3.25. The molecule has 0 unspecified atom stereocenters. The van der Waals surface area contributed by atoms with E-state index in [4.69, 9.17) is 0 Å². The van der Waals surface area contributed by atoms with Crippen molar-refractivity contribution in [2.24, 2.45) is 0 Å². The Balaban J connectivity index is 3.54. The van der Waals surface area contributed by atoms with E-state index in [9.17, 15) is 5.21 Å². The molecule has 0 spiro atoms. The monoisotopic (exact) mass is 217 g/mol. The average Bonchev–Trinajstić information content (AvgIpc) is 1.31. The summed E-state index contributed by atoms with van der Waals surface area (Å²) in [6.45, 7) is 0. The Morgan fingerprint density at radius 3 is 1.43 bits per heavy atom. The molecule has 0 fully saturated rings. The first-order valence-electron chi connectivity index (χ1n) is 2.00. The first kappa shape index (κ1) is 7.65. The summed E-state index contributed by atoms with van der Waals surface area (Å²) in [5, 5.41) is 10.8. The number of alkyl halides is 2. The predicted octanol–water partition coefficient (Wildman–Crippen LogP) is 1.24. The van der Waals surface area contributed by atoms with Crippen LogP contribution < -0.4 is 0 Å². The summed E-state index contributed by atoms with van der Waals surface area (Å²) in [6.07, 6.45) is 0. The Hall–Kier alpha value is 0.650. The number of hydrogen-bond acceptors (Lipinski definition) is 1. The van der Waals surface area contributed by atoms with E-state index < -0.39 is 20.1 Å². The molecule has 0 aromatic heterocycles. The van der Waals surface area contributed by atoms with Crippen LogP contribution in [0.2, 0.25) is 0 Å². The average molecular weight is 217 g/mol. The maximum atomic E-state index is 10.8. The summed E-state index contributed by atoms with van der Waals surface area (Å²) < 4.78 is -0.0378. The second-order valence-electron chi connectivity index (χ2n) is 1.94. The van der Waals surface area contributed by atoms with Crippen LogP contribution in [0.3, 0.4) is 0 Å². The van der Waals surface area contributed by atoms with Crippen LogP contribution in [-0.4, -0.2) is 26.8 Å². The van der Waals surface area contributed by atoms with Crippen molar-refractivity contribution in [3.05, 3.63) is 5.21 Å². The summed E-state index contributed by atoms with van der Waals surface area (Å²) in [4.78, 5) is 4.13. The molecule has 0 atom stereocenters. The van der Waals surface area contributed by atoms with Crippen molar-refractivity contribution in [2.45, 2.75) is 0 Å². The van der Waals surface area contributed by atoms with Crippen LogP contribution in [0.15, 0.2) is 0 Å². The van der Waals surface area contributed by atoms with Crippen LogP contribution in [0.5, 0.6) is 0 Å². The van der Waals surface area contributed by atoms with Crippen LogP contribution in [0.1, 0.15) is 0 Å².